The van der Waals surface area contributed by atoms with E-state index in [1.54, 1.807) is 0 Å². The number of rotatable bonds is 2. The second-order valence-electron chi connectivity index (χ2n) is 4.62. The molecular formula is C13H19N3O. The summed E-state index contributed by atoms with van der Waals surface area (Å²) in [5.41, 5.74) is 7.40. The summed E-state index contributed by atoms with van der Waals surface area (Å²) in [5, 5.41) is 3.33. The van der Waals surface area contributed by atoms with Crippen LogP contribution in [0.3, 0.4) is 0 Å². The fourth-order valence-corrected chi connectivity index (χ4v) is 2.15. The number of nitrogens with zero attached hydrogens (tertiary/aromatic N) is 1. The molecule has 17 heavy (non-hydrogen) atoms. The molecule has 1 fully saturated rings. The van der Waals surface area contributed by atoms with Gasteiger partial charge in [-0.2, -0.15) is 0 Å². The van der Waals surface area contributed by atoms with Crippen molar-refractivity contribution >= 4 is 11.6 Å². The molecule has 1 aromatic carbocycles. The van der Waals surface area contributed by atoms with Crippen LogP contribution in [0.2, 0.25) is 0 Å². The summed E-state index contributed by atoms with van der Waals surface area (Å²) in [6.07, 6.45) is 0.442. The Kier molecular flexibility index (Phi) is 3.64. The lowest BCUT2D eigenvalue weighted by atomic mass is 10.1. The molecule has 0 spiro atoms. The molecule has 2 rings (SSSR count). The summed E-state index contributed by atoms with van der Waals surface area (Å²) in [6.45, 7) is 4.57. The lowest BCUT2D eigenvalue weighted by Gasteiger charge is -2.32. The van der Waals surface area contributed by atoms with Crippen molar-refractivity contribution in [1.82, 2.24) is 10.2 Å². The number of anilines is 1. The van der Waals surface area contributed by atoms with Crippen LogP contribution in [0.15, 0.2) is 24.3 Å². The van der Waals surface area contributed by atoms with Crippen LogP contribution in [-0.4, -0.2) is 36.5 Å². The molecule has 3 N–H and O–H groups in total. The molecule has 0 bridgehead atoms. The van der Waals surface area contributed by atoms with Crippen molar-refractivity contribution in [1.29, 1.82) is 0 Å². The molecule has 1 saturated heterocycles. The number of benzene rings is 1. The fraction of sp³-hybridized carbons (Fsp3) is 0.462. The largest absolute Gasteiger partial charge is 0.399 e. The first-order valence-corrected chi connectivity index (χ1v) is 6.01. The highest BCUT2D eigenvalue weighted by Crippen LogP contribution is 2.09. The number of nitrogen functional groups attached to an aromatic ring is 1. The van der Waals surface area contributed by atoms with Crippen molar-refractivity contribution in [3.8, 4) is 0 Å². The van der Waals surface area contributed by atoms with E-state index in [0.717, 1.165) is 25.2 Å². The van der Waals surface area contributed by atoms with Crippen molar-refractivity contribution in [3.63, 3.8) is 0 Å². The van der Waals surface area contributed by atoms with Crippen LogP contribution in [0.5, 0.6) is 0 Å². The molecule has 0 unspecified atom stereocenters. The Morgan fingerprint density at radius 3 is 3.12 bits per heavy atom. The van der Waals surface area contributed by atoms with Gasteiger partial charge in [0.2, 0.25) is 5.91 Å². The van der Waals surface area contributed by atoms with Gasteiger partial charge in [-0.15, -0.1) is 0 Å². The monoisotopic (exact) mass is 233 g/mol. The number of nitrogens with two attached hydrogens (primary N) is 1. The number of amides is 1. The number of nitrogens with one attached hydrogen (secondary N) is 1. The normalized spacial score (nSPS) is 20.3. The van der Waals surface area contributed by atoms with Gasteiger partial charge in [-0.25, -0.2) is 0 Å². The lowest BCUT2D eigenvalue weighted by Crippen LogP contribution is -2.51. The fourth-order valence-electron chi connectivity index (χ4n) is 2.15. The molecule has 4 heteroatoms. The summed E-state index contributed by atoms with van der Waals surface area (Å²) in [5.74, 6) is 0.184. The SMILES string of the molecule is C[C@@H]1CN(C(=O)Cc2cccc(N)c2)CCN1. The maximum Gasteiger partial charge on any atom is 0.227 e. The minimum atomic E-state index is 0.184. The highest BCUT2D eigenvalue weighted by Gasteiger charge is 2.20. The molecule has 0 saturated carbocycles. The highest BCUT2D eigenvalue weighted by molar-refractivity contribution is 5.79. The van der Waals surface area contributed by atoms with Crippen LogP contribution in [0.25, 0.3) is 0 Å². The van der Waals surface area contributed by atoms with Gasteiger partial charge in [-0.1, -0.05) is 12.1 Å². The number of piperazine rings is 1. The van der Waals surface area contributed by atoms with Gasteiger partial charge >= 0.3 is 0 Å². The first-order valence-electron chi connectivity index (χ1n) is 6.01. The number of hydrogen-bond donors (Lipinski definition) is 2. The molecule has 92 valence electrons. The third-order valence-corrected chi connectivity index (χ3v) is 3.03. The van der Waals surface area contributed by atoms with Crippen molar-refractivity contribution in [2.45, 2.75) is 19.4 Å². The molecule has 1 aliphatic heterocycles. The van der Waals surface area contributed by atoms with E-state index in [0.29, 0.717) is 18.2 Å². The molecule has 1 aromatic rings. The standard InChI is InChI=1S/C13H19N3O/c1-10-9-16(6-5-15-10)13(17)8-11-3-2-4-12(14)7-11/h2-4,7,10,15H,5-6,8-9,14H2,1H3/t10-/m1/s1. The molecule has 1 aliphatic rings. The molecule has 0 aliphatic carbocycles. The van der Waals surface area contributed by atoms with Gasteiger partial charge in [-0.05, 0) is 24.6 Å². The summed E-state index contributed by atoms with van der Waals surface area (Å²) in [6, 6.07) is 7.91. The zero-order chi connectivity index (χ0) is 12.3. The second kappa shape index (κ2) is 5.19. The Bertz CT molecular complexity index is 405. The summed E-state index contributed by atoms with van der Waals surface area (Å²) < 4.78 is 0. The van der Waals surface area contributed by atoms with Crippen molar-refractivity contribution in [2.75, 3.05) is 25.4 Å². The highest BCUT2D eigenvalue weighted by atomic mass is 16.2. The Hall–Kier alpha value is -1.55. The van der Waals surface area contributed by atoms with Crippen LogP contribution >= 0.6 is 0 Å². The molecule has 0 radical (unpaired) electrons. The number of hydrogen-bond acceptors (Lipinski definition) is 3. The maximum atomic E-state index is 12.1. The van der Waals surface area contributed by atoms with Gasteiger partial charge in [0.15, 0.2) is 0 Å². The Morgan fingerprint density at radius 1 is 1.59 bits per heavy atom. The second-order valence-corrected chi connectivity index (χ2v) is 4.62. The summed E-state index contributed by atoms with van der Waals surface area (Å²) in [7, 11) is 0. The maximum absolute atomic E-state index is 12.1. The van der Waals surface area contributed by atoms with E-state index in [4.69, 9.17) is 5.73 Å². The number of carbonyl (C=O) groups excluding carboxylic acids is 1. The first kappa shape index (κ1) is 11.9. The average molecular weight is 233 g/mol. The predicted octanol–water partition coefficient (Wildman–Crippen LogP) is 0.632. The van der Waals surface area contributed by atoms with Gasteiger partial charge in [0, 0.05) is 31.4 Å². The topological polar surface area (TPSA) is 58.4 Å². The Labute approximate surface area is 102 Å². The average Bonchev–Trinajstić information content (AvgIpc) is 2.29. The van der Waals surface area contributed by atoms with E-state index < -0.39 is 0 Å². The molecule has 0 aromatic heterocycles. The Balaban J connectivity index is 1.96. The van der Waals surface area contributed by atoms with Gasteiger partial charge in [-0.3, -0.25) is 4.79 Å². The minimum Gasteiger partial charge on any atom is -0.399 e. The van der Waals surface area contributed by atoms with Crippen molar-refractivity contribution in [3.05, 3.63) is 29.8 Å². The molecule has 1 atom stereocenters. The third kappa shape index (κ3) is 3.20. The Morgan fingerprint density at radius 2 is 2.41 bits per heavy atom. The van der Waals surface area contributed by atoms with E-state index in [2.05, 4.69) is 12.2 Å². The molecule has 1 heterocycles. The quantitative estimate of drug-likeness (QED) is 0.737. The predicted molar refractivity (Wildman–Crippen MR) is 68.6 cm³/mol. The number of carbonyl (C=O) groups is 1. The minimum absolute atomic E-state index is 0.184. The van der Waals surface area contributed by atoms with E-state index in [1.165, 1.54) is 0 Å². The van der Waals surface area contributed by atoms with Crippen LogP contribution in [0, 0.1) is 0 Å². The molecule has 4 nitrogen and oxygen atoms in total. The summed E-state index contributed by atoms with van der Waals surface area (Å²) in [4.78, 5) is 14.0. The molecular weight excluding hydrogens is 214 g/mol. The van der Waals surface area contributed by atoms with Crippen LogP contribution in [0.1, 0.15) is 12.5 Å². The molecule has 1 amide bonds. The first-order chi connectivity index (χ1) is 8.15. The van der Waals surface area contributed by atoms with E-state index in [1.807, 2.05) is 29.2 Å². The summed E-state index contributed by atoms with van der Waals surface area (Å²) >= 11 is 0. The van der Waals surface area contributed by atoms with Gasteiger partial charge in [0.05, 0.1) is 6.42 Å². The van der Waals surface area contributed by atoms with Crippen LogP contribution in [0.4, 0.5) is 5.69 Å². The zero-order valence-electron chi connectivity index (χ0n) is 10.1. The third-order valence-electron chi connectivity index (χ3n) is 3.03. The van der Waals surface area contributed by atoms with E-state index in [9.17, 15) is 4.79 Å². The van der Waals surface area contributed by atoms with Gasteiger partial charge < -0.3 is 16.0 Å². The zero-order valence-corrected chi connectivity index (χ0v) is 10.1. The lowest BCUT2D eigenvalue weighted by molar-refractivity contribution is -0.131. The van der Waals surface area contributed by atoms with Crippen LogP contribution < -0.4 is 11.1 Å². The van der Waals surface area contributed by atoms with Crippen LogP contribution in [-0.2, 0) is 11.2 Å². The van der Waals surface area contributed by atoms with Crippen molar-refractivity contribution < 1.29 is 4.79 Å². The van der Waals surface area contributed by atoms with Gasteiger partial charge in [0.1, 0.15) is 0 Å². The van der Waals surface area contributed by atoms with Gasteiger partial charge in [0.25, 0.3) is 0 Å². The van der Waals surface area contributed by atoms with E-state index in [-0.39, 0.29) is 5.91 Å². The van der Waals surface area contributed by atoms with E-state index >= 15 is 0 Å². The van der Waals surface area contributed by atoms with Crippen molar-refractivity contribution in [2.24, 2.45) is 0 Å². The smallest absolute Gasteiger partial charge is 0.227 e.